The molecule has 0 saturated carbocycles. The van der Waals surface area contributed by atoms with Crippen LogP contribution < -0.4 is 0 Å². The average Bonchev–Trinajstić information content (AvgIpc) is 1.72. The number of aliphatic hydroxyl groups excluding tert-OH is 2. The quantitative estimate of drug-likeness (QED) is 0.575. The van der Waals surface area contributed by atoms with E-state index >= 15 is 0 Å². The van der Waals surface area contributed by atoms with Crippen LogP contribution in [0.5, 0.6) is 0 Å². The fourth-order valence-electron chi connectivity index (χ4n) is 0. The van der Waals surface area contributed by atoms with E-state index in [1.165, 1.54) is 0 Å². The number of hydrogen-bond donors (Lipinski definition) is 2. The molecule has 0 fully saturated rings. The molecular formula is C2H6AgClO2. The van der Waals surface area contributed by atoms with Crippen LogP contribution in [0.15, 0.2) is 0 Å². The maximum absolute atomic E-state index is 7.62. The second kappa shape index (κ2) is 16.8. The van der Waals surface area contributed by atoms with Crippen molar-refractivity contribution in [1.82, 2.24) is 0 Å². The van der Waals surface area contributed by atoms with Crippen molar-refractivity contribution in [3.8, 4) is 0 Å². The molecule has 0 atom stereocenters. The van der Waals surface area contributed by atoms with E-state index < -0.39 is 0 Å². The summed E-state index contributed by atoms with van der Waals surface area (Å²) < 4.78 is 0. The molecule has 0 unspecified atom stereocenters. The molecule has 0 aliphatic rings. The molecule has 0 aliphatic heterocycles. The van der Waals surface area contributed by atoms with Crippen LogP contribution in [-0.2, 0) is 20.0 Å². The van der Waals surface area contributed by atoms with Gasteiger partial charge in [-0.2, -0.15) is 0 Å². The van der Waals surface area contributed by atoms with Gasteiger partial charge < -0.3 is 10.2 Å². The Morgan fingerprint density at radius 2 is 1.33 bits per heavy atom. The topological polar surface area (TPSA) is 40.5 Å². The van der Waals surface area contributed by atoms with Gasteiger partial charge in [-0.25, -0.2) is 0 Å². The zero-order chi connectivity index (χ0) is 5.41. The Morgan fingerprint density at radius 1 is 1.17 bits per heavy atom. The molecule has 2 nitrogen and oxygen atoms in total. The summed E-state index contributed by atoms with van der Waals surface area (Å²) in [5.41, 5.74) is 0. The Morgan fingerprint density at radius 3 is 1.33 bits per heavy atom. The number of rotatable bonds is 1. The van der Waals surface area contributed by atoms with Gasteiger partial charge in [0.1, 0.15) is 0 Å². The van der Waals surface area contributed by atoms with E-state index in [9.17, 15) is 0 Å². The normalized spacial score (nSPS) is 6.17. The van der Waals surface area contributed by atoms with Gasteiger partial charge in [0.05, 0.1) is 13.2 Å². The van der Waals surface area contributed by atoms with E-state index in [1.54, 1.807) is 0 Å². The van der Waals surface area contributed by atoms with Crippen molar-refractivity contribution in [2.75, 3.05) is 13.2 Å². The molecule has 44 valence electrons. The zero-order valence-electron chi connectivity index (χ0n) is 2.99. The van der Waals surface area contributed by atoms with Crippen LogP contribution in [0.2, 0.25) is 0 Å². The summed E-state index contributed by atoms with van der Waals surface area (Å²) in [7, 11) is 4.45. The molecule has 0 rings (SSSR count). The van der Waals surface area contributed by atoms with E-state index in [2.05, 4.69) is 29.2 Å². The molecule has 0 radical (unpaired) electrons. The molecule has 0 aromatic carbocycles. The van der Waals surface area contributed by atoms with Crippen molar-refractivity contribution in [1.29, 1.82) is 0 Å². The molecular weight excluding hydrogens is 199 g/mol. The zero-order valence-corrected chi connectivity index (χ0v) is 5.23. The van der Waals surface area contributed by atoms with Crippen LogP contribution in [-0.4, -0.2) is 23.4 Å². The summed E-state index contributed by atoms with van der Waals surface area (Å²) in [5.74, 6) is 0. The van der Waals surface area contributed by atoms with E-state index in [0.29, 0.717) is 0 Å². The van der Waals surface area contributed by atoms with Crippen molar-refractivity contribution in [3.63, 3.8) is 0 Å². The third kappa shape index (κ3) is 20.3. The minimum atomic E-state index is -0.125. The van der Waals surface area contributed by atoms with Gasteiger partial charge in [-0.3, -0.25) is 0 Å². The second-order valence-electron chi connectivity index (χ2n) is 0.447. The number of halogens is 1. The first kappa shape index (κ1) is 10.0. The Bertz CT molecular complexity index is 13.5. The molecule has 0 bridgehead atoms. The third-order valence-electron chi connectivity index (χ3n) is 0.1000. The van der Waals surface area contributed by atoms with Gasteiger partial charge in [0.15, 0.2) is 0 Å². The van der Waals surface area contributed by atoms with Gasteiger partial charge in [-0.15, -0.1) is 0 Å². The predicted molar refractivity (Wildman–Crippen MR) is 20.0 cm³/mol. The minimum absolute atomic E-state index is 0.125. The summed E-state index contributed by atoms with van der Waals surface area (Å²) in [6.07, 6.45) is 0. The summed E-state index contributed by atoms with van der Waals surface area (Å²) in [5, 5.41) is 15.2. The summed E-state index contributed by atoms with van der Waals surface area (Å²) in [4.78, 5) is 0. The van der Waals surface area contributed by atoms with Crippen LogP contribution in [0.3, 0.4) is 0 Å². The summed E-state index contributed by atoms with van der Waals surface area (Å²) >= 11 is 2.42. The molecule has 0 aromatic rings. The Hall–Kier alpha value is 0.950. The summed E-state index contributed by atoms with van der Waals surface area (Å²) in [6.45, 7) is -0.250. The Balaban J connectivity index is 0. The number of aliphatic hydroxyl groups is 2. The monoisotopic (exact) mass is 204 g/mol. The van der Waals surface area contributed by atoms with Gasteiger partial charge in [0, 0.05) is 0 Å². The van der Waals surface area contributed by atoms with Crippen LogP contribution in [0.4, 0.5) is 0 Å². The predicted octanol–water partition coefficient (Wildman–Crippen LogP) is -0.342. The van der Waals surface area contributed by atoms with Gasteiger partial charge in [0.2, 0.25) is 0 Å². The summed E-state index contributed by atoms with van der Waals surface area (Å²) in [6, 6.07) is 0. The first-order valence-corrected chi connectivity index (χ1v) is 3.16. The van der Waals surface area contributed by atoms with Crippen molar-refractivity contribution < 1.29 is 30.2 Å². The molecule has 0 spiro atoms. The number of hydrogen-bond acceptors (Lipinski definition) is 2. The molecule has 0 saturated heterocycles. The van der Waals surface area contributed by atoms with Crippen molar-refractivity contribution in [2.45, 2.75) is 0 Å². The van der Waals surface area contributed by atoms with E-state index in [4.69, 9.17) is 10.2 Å². The standard InChI is InChI=1S/C2H6O2.Ag.ClH/c3-1-2-4;;/h3-4H,1-2H2;;1H/q;+1;/p-1. The molecule has 0 amide bonds. The van der Waals surface area contributed by atoms with E-state index in [0.717, 1.165) is 0 Å². The van der Waals surface area contributed by atoms with E-state index in [-0.39, 0.29) is 13.2 Å². The first-order chi connectivity index (χ1) is 2.91. The van der Waals surface area contributed by atoms with Gasteiger partial charge in [-0.05, 0) is 0 Å². The van der Waals surface area contributed by atoms with Gasteiger partial charge >= 0.3 is 29.2 Å². The Kier molecular flexibility index (Phi) is 28.0. The van der Waals surface area contributed by atoms with Crippen LogP contribution in [0.25, 0.3) is 0 Å². The third-order valence-corrected chi connectivity index (χ3v) is 0.1000. The van der Waals surface area contributed by atoms with Gasteiger partial charge in [0.25, 0.3) is 0 Å². The second-order valence-corrected chi connectivity index (χ2v) is 0.447. The van der Waals surface area contributed by atoms with Crippen LogP contribution >= 0.6 is 9.19 Å². The fourth-order valence-corrected chi connectivity index (χ4v) is 0. The fraction of sp³-hybridized carbons (Fsp3) is 1.00. The molecule has 0 heterocycles. The van der Waals surface area contributed by atoms with Crippen molar-refractivity contribution >= 4 is 9.19 Å². The SMILES string of the molecule is OCCO.[Cl][Ag]. The van der Waals surface area contributed by atoms with Crippen LogP contribution in [0.1, 0.15) is 0 Å². The van der Waals surface area contributed by atoms with E-state index in [1.807, 2.05) is 0 Å². The molecule has 0 aliphatic carbocycles. The molecule has 4 heteroatoms. The molecule has 2 N–H and O–H groups in total. The van der Waals surface area contributed by atoms with Crippen LogP contribution in [0, 0.1) is 0 Å². The average molecular weight is 205 g/mol. The molecule has 0 aromatic heterocycles. The maximum atomic E-state index is 7.62. The van der Waals surface area contributed by atoms with Gasteiger partial charge in [-0.1, -0.05) is 0 Å². The Labute approximate surface area is 52.9 Å². The van der Waals surface area contributed by atoms with Crippen molar-refractivity contribution in [2.24, 2.45) is 0 Å². The first-order valence-electron chi connectivity index (χ1n) is 1.25. The van der Waals surface area contributed by atoms with Crippen molar-refractivity contribution in [3.05, 3.63) is 0 Å². The molecule has 6 heavy (non-hydrogen) atoms.